The van der Waals surface area contributed by atoms with Gasteiger partial charge in [0, 0.05) is 5.56 Å². The van der Waals surface area contributed by atoms with Gasteiger partial charge in [0.1, 0.15) is 11.9 Å². The van der Waals surface area contributed by atoms with Gasteiger partial charge in [-0.2, -0.15) is 4.89 Å². The number of carbonyl (C=O) groups is 1. The van der Waals surface area contributed by atoms with Gasteiger partial charge in [0.15, 0.2) is 5.75 Å². The normalized spacial score (nSPS) is 13.8. The highest BCUT2D eigenvalue weighted by Gasteiger charge is 2.62. The van der Waals surface area contributed by atoms with Crippen LogP contribution in [0.4, 0.5) is 4.39 Å². The summed E-state index contributed by atoms with van der Waals surface area (Å²) in [7, 11) is -3.37. The molecule has 208 valence electrons. The zero-order valence-corrected chi connectivity index (χ0v) is 23.8. The summed E-state index contributed by atoms with van der Waals surface area (Å²) in [6.45, 7) is 4.89. The second kappa shape index (κ2) is 12.5. The van der Waals surface area contributed by atoms with E-state index in [1.807, 2.05) is 80.4 Å². The molecule has 3 unspecified atom stereocenters. The molecule has 0 saturated carbocycles. The lowest BCUT2D eigenvalue weighted by Gasteiger charge is -2.24. The number of halogens is 1. The molecule has 0 saturated heterocycles. The lowest BCUT2D eigenvalue weighted by molar-refractivity contribution is -0.138. The fourth-order valence-corrected chi connectivity index (χ4v) is 5.33. The van der Waals surface area contributed by atoms with Gasteiger partial charge in [-0.1, -0.05) is 86.6 Å². The van der Waals surface area contributed by atoms with Crippen LogP contribution < -0.4 is 4.74 Å². The van der Waals surface area contributed by atoms with Gasteiger partial charge in [-0.15, -0.1) is 6.42 Å². The van der Waals surface area contributed by atoms with E-state index in [1.54, 1.807) is 18.2 Å². The molecule has 0 radical (unpaired) electrons. The lowest BCUT2D eigenvalue weighted by Crippen LogP contribution is -2.46. The maximum Gasteiger partial charge on any atom is 0.540 e. The minimum Gasteiger partial charge on any atom is -0.419 e. The van der Waals surface area contributed by atoms with E-state index in [0.717, 1.165) is 18.1 Å². The Labute approximate surface area is 239 Å². The van der Waals surface area contributed by atoms with Gasteiger partial charge < -0.3 is 9.84 Å². The van der Waals surface area contributed by atoms with Crippen molar-refractivity contribution in [1.82, 2.24) is 4.98 Å². The predicted octanol–water partition coefficient (Wildman–Crippen LogP) is 6.58. The first kappa shape index (κ1) is 29.8. The molecule has 0 aliphatic rings. The summed E-state index contributed by atoms with van der Waals surface area (Å²) in [4.78, 5) is 28.4. The second-order valence-electron chi connectivity index (χ2n) is 9.97. The van der Waals surface area contributed by atoms with Crippen LogP contribution in [0.15, 0.2) is 91.0 Å². The highest BCUT2D eigenvalue weighted by molar-refractivity contribution is 7.42. The van der Waals surface area contributed by atoms with E-state index >= 15 is 0 Å². The van der Waals surface area contributed by atoms with Crippen LogP contribution in [-0.2, 0) is 9.36 Å². The third-order valence-electron chi connectivity index (χ3n) is 6.92. The van der Waals surface area contributed by atoms with Crippen LogP contribution >= 0.6 is 8.03 Å². The first-order valence-electron chi connectivity index (χ1n) is 13.0. The van der Waals surface area contributed by atoms with Crippen LogP contribution in [0.2, 0.25) is 0 Å². The number of esters is 1. The summed E-state index contributed by atoms with van der Waals surface area (Å²) in [6.07, 6.45) is 3.83. The van der Waals surface area contributed by atoms with Crippen molar-refractivity contribution in [1.29, 1.82) is 0 Å². The standard InChI is InChI=1S/C33H29FNO5P/c1-5-33(22(4)36,41(38)39)32(37)40-31-27(23-16-18-26(34)19-17-23)20-28(35-30(31)21(2)3)29(24-12-8-6-9-13-24)25-14-10-7-11-15-25/h1,6-22,29,36H,2-4H3/p+1. The maximum absolute atomic E-state index is 13.9. The molecule has 1 aromatic heterocycles. The molecule has 41 heavy (non-hydrogen) atoms. The number of nitrogens with zero attached hydrogens (tertiary/aromatic N) is 1. The molecule has 2 N–H and O–H groups in total. The van der Waals surface area contributed by atoms with Gasteiger partial charge in [-0.3, -0.25) is 4.98 Å². The van der Waals surface area contributed by atoms with Gasteiger partial charge >= 0.3 is 19.2 Å². The Balaban J connectivity index is 2.01. The Morgan fingerprint density at radius 2 is 1.51 bits per heavy atom. The summed E-state index contributed by atoms with van der Waals surface area (Å²) in [5.74, 6) is -0.283. The van der Waals surface area contributed by atoms with E-state index in [0.29, 0.717) is 22.5 Å². The van der Waals surface area contributed by atoms with E-state index in [9.17, 15) is 23.7 Å². The van der Waals surface area contributed by atoms with Gasteiger partial charge in [0.05, 0.1) is 17.3 Å². The number of rotatable bonds is 9. The van der Waals surface area contributed by atoms with Crippen LogP contribution in [-0.4, -0.2) is 32.2 Å². The van der Waals surface area contributed by atoms with E-state index in [4.69, 9.17) is 16.1 Å². The number of terminal acetylenes is 1. The molecule has 1 heterocycles. The van der Waals surface area contributed by atoms with E-state index in [2.05, 4.69) is 0 Å². The average molecular weight is 571 g/mol. The number of aliphatic hydroxyl groups excluding tert-OH is 1. The Hall–Kier alpha value is -4.21. The minimum atomic E-state index is -3.37. The van der Waals surface area contributed by atoms with Crippen molar-refractivity contribution < 1.29 is 28.5 Å². The van der Waals surface area contributed by atoms with Gasteiger partial charge in [0.2, 0.25) is 0 Å². The quantitative estimate of drug-likeness (QED) is 0.134. The topological polar surface area (TPSA) is 96.7 Å². The number of hydrogen-bond donors (Lipinski definition) is 2. The first-order valence-corrected chi connectivity index (χ1v) is 14.3. The van der Waals surface area contributed by atoms with Crippen molar-refractivity contribution in [2.75, 3.05) is 0 Å². The van der Waals surface area contributed by atoms with Gasteiger partial charge in [-0.05, 0) is 58.2 Å². The highest BCUT2D eigenvalue weighted by atomic mass is 31.1. The Kier molecular flexibility index (Phi) is 9.10. The summed E-state index contributed by atoms with van der Waals surface area (Å²) in [6, 6.07) is 27.1. The third kappa shape index (κ3) is 5.96. The third-order valence-corrected chi connectivity index (χ3v) is 8.20. The minimum absolute atomic E-state index is 0.0114. The Bertz CT molecular complexity index is 1540. The molecule has 0 aliphatic heterocycles. The van der Waals surface area contributed by atoms with Crippen LogP contribution in [0.25, 0.3) is 11.1 Å². The molecule has 0 fully saturated rings. The van der Waals surface area contributed by atoms with Crippen molar-refractivity contribution in [2.24, 2.45) is 0 Å². The van der Waals surface area contributed by atoms with Crippen LogP contribution in [0.1, 0.15) is 55.1 Å². The predicted molar refractivity (Wildman–Crippen MR) is 156 cm³/mol. The lowest BCUT2D eigenvalue weighted by atomic mass is 9.86. The average Bonchev–Trinajstić information content (AvgIpc) is 2.95. The number of aliphatic hydroxyl groups is 1. The van der Waals surface area contributed by atoms with Crippen molar-refractivity contribution in [3.05, 3.63) is 119 Å². The van der Waals surface area contributed by atoms with E-state index in [1.165, 1.54) is 12.1 Å². The molecular formula is C33H30FNO5P+. The number of aromatic nitrogens is 1. The first-order chi connectivity index (χ1) is 19.6. The van der Waals surface area contributed by atoms with Crippen LogP contribution in [0.5, 0.6) is 5.75 Å². The Morgan fingerprint density at radius 3 is 1.95 bits per heavy atom. The highest BCUT2D eigenvalue weighted by Crippen LogP contribution is 2.44. The molecule has 0 amide bonds. The zero-order chi connectivity index (χ0) is 29.7. The Morgan fingerprint density at radius 1 is 0.976 bits per heavy atom. The number of carbonyl (C=O) groups excluding carboxylic acids is 1. The van der Waals surface area contributed by atoms with Crippen molar-refractivity contribution in [3.8, 4) is 29.2 Å². The summed E-state index contributed by atoms with van der Waals surface area (Å²) >= 11 is 0. The molecule has 3 aromatic carbocycles. The fourth-order valence-electron chi connectivity index (χ4n) is 4.70. The summed E-state index contributed by atoms with van der Waals surface area (Å²) < 4.78 is 32.0. The second-order valence-corrected chi connectivity index (χ2v) is 11.2. The number of ether oxygens (including phenoxy) is 1. The summed E-state index contributed by atoms with van der Waals surface area (Å²) in [5.41, 5.74) is 3.93. The molecule has 4 rings (SSSR count). The number of benzene rings is 3. The molecule has 4 aromatic rings. The largest absolute Gasteiger partial charge is 0.540 e. The van der Waals surface area contributed by atoms with Crippen molar-refractivity contribution in [2.45, 2.75) is 43.9 Å². The molecule has 0 aliphatic carbocycles. The molecule has 3 atom stereocenters. The molecule has 0 bridgehead atoms. The molecular weight excluding hydrogens is 540 g/mol. The molecule has 0 spiro atoms. The smallest absolute Gasteiger partial charge is 0.419 e. The SMILES string of the molecule is C#CC(C(=O)Oc1c(-c2ccc(F)cc2)cc(C(c2ccccc2)c2ccccc2)nc1C(C)C)(C(C)O)[P+](=O)O. The van der Waals surface area contributed by atoms with Crippen molar-refractivity contribution in [3.63, 3.8) is 0 Å². The van der Waals surface area contributed by atoms with Gasteiger partial charge in [-0.25, -0.2) is 9.18 Å². The van der Waals surface area contributed by atoms with Crippen LogP contribution in [0, 0.1) is 18.2 Å². The van der Waals surface area contributed by atoms with E-state index < -0.39 is 31.1 Å². The number of hydrogen-bond acceptors (Lipinski definition) is 5. The fraction of sp³-hybridized carbons (Fsp3) is 0.212. The molecule has 6 nitrogen and oxygen atoms in total. The maximum atomic E-state index is 13.9. The van der Waals surface area contributed by atoms with Crippen molar-refractivity contribution >= 4 is 14.0 Å². The summed E-state index contributed by atoms with van der Waals surface area (Å²) in [5, 5.41) is 7.80. The van der Waals surface area contributed by atoms with E-state index in [-0.39, 0.29) is 17.6 Å². The van der Waals surface area contributed by atoms with Gasteiger partial charge in [0.25, 0.3) is 0 Å². The van der Waals surface area contributed by atoms with Crippen LogP contribution in [0.3, 0.4) is 0 Å². The number of pyridine rings is 1. The molecule has 8 heteroatoms. The zero-order valence-electron chi connectivity index (χ0n) is 22.9. The monoisotopic (exact) mass is 570 g/mol.